The third-order valence-corrected chi connectivity index (χ3v) is 6.06. The second-order valence-electron chi connectivity index (χ2n) is 9.03. The number of aliphatic hydroxyl groups is 1. The Morgan fingerprint density at radius 3 is 2.25 bits per heavy atom. The van der Waals surface area contributed by atoms with Crippen LogP contribution in [0.3, 0.4) is 0 Å². The summed E-state index contributed by atoms with van der Waals surface area (Å²) in [5.41, 5.74) is 7.43. The highest BCUT2D eigenvalue weighted by Gasteiger charge is 2.31. The van der Waals surface area contributed by atoms with Gasteiger partial charge in [0.15, 0.2) is 0 Å². The SMILES string of the molecule is CN(C)CCCCC(c1ccc([N+](=O)[O-])cc1)C(NC(=O)N(CCO)CCc1ccccc1)C(N)=O. The minimum Gasteiger partial charge on any atom is -0.395 e. The maximum Gasteiger partial charge on any atom is 0.318 e. The van der Waals surface area contributed by atoms with Crippen molar-refractivity contribution in [3.63, 3.8) is 0 Å². The predicted octanol–water partition coefficient (Wildman–Crippen LogP) is 2.51. The lowest BCUT2D eigenvalue weighted by Crippen LogP contribution is -2.53. The zero-order chi connectivity index (χ0) is 26.5. The first-order valence-corrected chi connectivity index (χ1v) is 12.1. The first-order valence-electron chi connectivity index (χ1n) is 12.1. The van der Waals surface area contributed by atoms with Crippen LogP contribution in [0.1, 0.15) is 36.3 Å². The van der Waals surface area contributed by atoms with Crippen LogP contribution in [0.5, 0.6) is 0 Å². The molecule has 0 saturated heterocycles. The fourth-order valence-electron chi connectivity index (χ4n) is 4.10. The van der Waals surface area contributed by atoms with Gasteiger partial charge in [0.05, 0.1) is 11.5 Å². The van der Waals surface area contributed by atoms with Gasteiger partial charge in [-0.15, -0.1) is 0 Å². The summed E-state index contributed by atoms with van der Waals surface area (Å²) in [5.74, 6) is -1.15. The number of non-ortho nitro benzene ring substituents is 1. The third-order valence-electron chi connectivity index (χ3n) is 6.06. The molecule has 4 N–H and O–H groups in total. The number of amides is 3. The van der Waals surface area contributed by atoms with Crippen molar-refractivity contribution < 1.29 is 19.6 Å². The van der Waals surface area contributed by atoms with E-state index in [1.807, 2.05) is 44.4 Å². The number of carbonyl (C=O) groups excluding carboxylic acids is 2. The molecule has 2 atom stereocenters. The molecule has 196 valence electrons. The highest BCUT2D eigenvalue weighted by atomic mass is 16.6. The molecule has 0 aromatic heterocycles. The molecule has 10 nitrogen and oxygen atoms in total. The maximum absolute atomic E-state index is 13.2. The number of nitrogens with two attached hydrogens (primary N) is 1. The van der Waals surface area contributed by atoms with E-state index in [1.54, 1.807) is 12.1 Å². The summed E-state index contributed by atoms with van der Waals surface area (Å²) in [6.07, 6.45) is 2.80. The van der Waals surface area contributed by atoms with E-state index in [0.717, 1.165) is 24.9 Å². The van der Waals surface area contributed by atoms with Crippen molar-refractivity contribution in [1.82, 2.24) is 15.1 Å². The number of benzene rings is 2. The molecule has 2 aromatic rings. The summed E-state index contributed by atoms with van der Waals surface area (Å²) in [4.78, 5) is 39.8. The van der Waals surface area contributed by atoms with E-state index < -0.39 is 28.8 Å². The fraction of sp³-hybridized carbons (Fsp3) is 0.462. The van der Waals surface area contributed by atoms with Crippen LogP contribution >= 0.6 is 0 Å². The summed E-state index contributed by atoms with van der Waals surface area (Å²) in [5, 5.41) is 23.4. The topological polar surface area (TPSA) is 142 Å². The number of hydrogen-bond acceptors (Lipinski definition) is 6. The first-order chi connectivity index (χ1) is 17.2. The fourth-order valence-corrected chi connectivity index (χ4v) is 4.10. The number of unbranched alkanes of at least 4 members (excludes halogenated alkanes) is 1. The van der Waals surface area contributed by atoms with E-state index in [1.165, 1.54) is 17.0 Å². The molecule has 2 aromatic carbocycles. The number of urea groups is 1. The minimum atomic E-state index is -1.02. The number of rotatable bonds is 15. The highest BCUT2D eigenvalue weighted by molar-refractivity contribution is 5.87. The monoisotopic (exact) mass is 499 g/mol. The normalized spacial score (nSPS) is 12.7. The molecule has 0 spiro atoms. The van der Waals surface area contributed by atoms with E-state index in [-0.39, 0.29) is 18.8 Å². The van der Waals surface area contributed by atoms with Crippen molar-refractivity contribution in [3.8, 4) is 0 Å². The molecule has 0 bridgehead atoms. The lowest BCUT2D eigenvalue weighted by atomic mass is 9.86. The maximum atomic E-state index is 13.2. The molecule has 0 fully saturated rings. The summed E-state index contributed by atoms with van der Waals surface area (Å²) in [7, 11) is 3.96. The molecule has 2 rings (SSSR count). The third kappa shape index (κ3) is 9.27. The van der Waals surface area contributed by atoms with E-state index >= 15 is 0 Å². The molecular formula is C26H37N5O5. The number of nitro benzene ring substituents is 1. The Morgan fingerprint density at radius 1 is 1.03 bits per heavy atom. The summed E-state index contributed by atoms with van der Waals surface area (Å²) in [6.45, 7) is 1.10. The quantitative estimate of drug-likeness (QED) is 0.195. The smallest absolute Gasteiger partial charge is 0.318 e. The van der Waals surface area contributed by atoms with Gasteiger partial charge in [-0.3, -0.25) is 14.9 Å². The Hall–Kier alpha value is -3.50. The van der Waals surface area contributed by atoms with Crippen LogP contribution in [0.2, 0.25) is 0 Å². The molecule has 2 unspecified atom stereocenters. The molecule has 0 aliphatic carbocycles. The van der Waals surface area contributed by atoms with Crippen LogP contribution in [-0.2, 0) is 11.2 Å². The van der Waals surface area contributed by atoms with Crippen molar-refractivity contribution in [2.24, 2.45) is 5.73 Å². The molecule has 0 saturated carbocycles. The molecule has 10 heteroatoms. The van der Waals surface area contributed by atoms with E-state index in [2.05, 4.69) is 10.2 Å². The molecule has 0 radical (unpaired) electrons. The van der Waals surface area contributed by atoms with Gasteiger partial charge in [0, 0.05) is 31.1 Å². The number of hydrogen-bond donors (Lipinski definition) is 3. The number of nitro groups is 1. The second-order valence-corrected chi connectivity index (χ2v) is 9.03. The van der Waals surface area contributed by atoms with Gasteiger partial charge in [0.1, 0.15) is 6.04 Å². The number of nitrogens with zero attached hydrogens (tertiary/aromatic N) is 3. The molecule has 3 amide bonds. The van der Waals surface area contributed by atoms with Crippen molar-refractivity contribution in [2.75, 3.05) is 40.3 Å². The number of carbonyl (C=O) groups is 2. The van der Waals surface area contributed by atoms with Crippen molar-refractivity contribution in [1.29, 1.82) is 0 Å². The zero-order valence-corrected chi connectivity index (χ0v) is 21.0. The molecule has 0 aliphatic rings. The van der Waals surface area contributed by atoms with Gasteiger partial charge in [-0.05, 0) is 51.0 Å². The van der Waals surface area contributed by atoms with Crippen LogP contribution in [-0.4, -0.2) is 78.1 Å². The van der Waals surface area contributed by atoms with Gasteiger partial charge in [0.2, 0.25) is 5.91 Å². The summed E-state index contributed by atoms with van der Waals surface area (Å²) >= 11 is 0. The van der Waals surface area contributed by atoms with E-state index in [0.29, 0.717) is 24.9 Å². The number of primary amides is 1. The standard InChI is InChI=1S/C26H37N5O5/c1-29(2)16-7-6-10-23(21-11-13-22(14-12-21)31(35)36)24(25(27)33)28-26(34)30(18-19-32)17-15-20-8-4-3-5-9-20/h3-5,8-9,11-14,23-24,32H,6-7,10,15-19H2,1-2H3,(H2,27,33)(H,28,34). The molecule has 0 aliphatic heterocycles. The summed E-state index contributed by atoms with van der Waals surface area (Å²) < 4.78 is 0. The van der Waals surface area contributed by atoms with Gasteiger partial charge in [-0.1, -0.05) is 48.9 Å². The van der Waals surface area contributed by atoms with Gasteiger partial charge in [0.25, 0.3) is 5.69 Å². The van der Waals surface area contributed by atoms with Crippen molar-refractivity contribution >= 4 is 17.6 Å². The van der Waals surface area contributed by atoms with E-state index in [9.17, 15) is 24.8 Å². The second kappa shape index (κ2) is 14.8. The lowest BCUT2D eigenvalue weighted by molar-refractivity contribution is -0.384. The Bertz CT molecular complexity index is 968. The number of aliphatic hydroxyl groups excluding tert-OH is 1. The first kappa shape index (κ1) is 28.7. The Balaban J connectivity index is 2.22. The minimum absolute atomic E-state index is 0.0557. The predicted molar refractivity (Wildman–Crippen MR) is 139 cm³/mol. The summed E-state index contributed by atoms with van der Waals surface area (Å²) in [6, 6.07) is 14.1. The van der Waals surface area contributed by atoms with Gasteiger partial charge in [-0.2, -0.15) is 0 Å². The lowest BCUT2D eigenvalue weighted by Gasteiger charge is -2.30. The Morgan fingerprint density at radius 2 is 1.69 bits per heavy atom. The van der Waals surface area contributed by atoms with Crippen LogP contribution in [0.25, 0.3) is 0 Å². The highest BCUT2D eigenvalue weighted by Crippen LogP contribution is 2.28. The van der Waals surface area contributed by atoms with Gasteiger partial charge >= 0.3 is 6.03 Å². The van der Waals surface area contributed by atoms with Crippen molar-refractivity contribution in [2.45, 2.75) is 37.6 Å². The molecular weight excluding hydrogens is 462 g/mol. The Kier molecular flexibility index (Phi) is 11.8. The van der Waals surface area contributed by atoms with E-state index in [4.69, 9.17) is 5.73 Å². The van der Waals surface area contributed by atoms with Crippen molar-refractivity contribution in [3.05, 3.63) is 75.8 Å². The average Bonchev–Trinajstić information content (AvgIpc) is 2.85. The molecule has 0 heterocycles. The average molecular weight is 500 g/mol. The Labute approximate surface area is 212 Å². The zero-order valence-electron chi connectivity index (χ0n) is 21.0. The largest absolute Gasteiger partial charge is 0.395 e. The van der Waals surface area contributed by atoms with Gasteiger partial charge < -0.3 is 26.0 Å². The molecule has 36 heavy (non-hydrogen) atoms. The van der Waals surface area contributed by atoms with Crippen LogP contribution in [0.15, 0.2) is 54.6 Å². The van der Waals surface area contributed by atoms with Crippen LogP contribution in [0, 0.1) is 10.1 Å². The van der Waals surface area contributed by atoms with Crippen LogP contribution in [0.4, 0.5) is 10.5 Å². The number of nitrogens with one attached hydrogen (secondary N) is 1. The van der Waals surface area contributed by atoms with Crippen LogP contribution < -0.4 is 11.1 Å². The van der Waals surface area contributed by atoms with Gasteiger partial charge in [-0.25, -0.2) is 4.79 Å².